The van der Waals surface area contributed by atoms with Crippen LogP contribution in [-0.2, 0) is 9.47 Å². The van der Waals surface area contributed by atoms with Gasteiger partial charge in [0, 0.05) is 20.3 Å². The molecule has 1 N–H and O–H groups in total. The van der Waals surface area contributed by atoms with E-state index < -0.39 is 5.97 Å². The summed E-state index contributed by atoms with van der Waals surface area (Å²) in [4.78, 5) is 15.6. The van der Waals surface area contributed by atoms with E-state index in [4.69, 9.17) is 16.3 Å². The molecule has 1 aromatic heterocycles. The van der Waals surface area contributed by atoms with E-state index in [-0.39, 0.29) is 5.15 Å². The number of methoxy groups -OCH3 is 2. The third kappa shape index (κ3) is 4.49. The molecular weight excluding hydrogens is 264 g/mol. The van der Waals surface area contributed by atoms with Gasteiger partial charge in [-0.25, -0.2) is 9.78 Å². The van der Waals surface area contributed by atoms with Gasteiger partial charge in [-0.15, -0.1) is 0 Å². The molecule has 0 amide bonds. The lowest BCUT2D eigenvalue weighted by atomic mass is 10.3. The lowest BCUT2D eigenvalue weighted by Gasteiger charge is -2.01. The number of nitrogens with one attached hydrogen (secondary N) is 1. The fourth-order valence-electron chi connectivity index (χ4n) is 1.16. The standard InChI is InChI=1S/C10H15ClN2O3S/c1-15-6-4-3-5-12-10-13-8(11)7(17-10)9(14)16-2/h3-6H2,1-2H3,(H,12,13). The van der Waals surface area contributed by atoms with Crippen LogP contribution >= 0.6 is 22.9 Å². The van der Waals surface area contributed by atoms with Crippen molar-refractivity contribution in [3.63, 3.8) is 0 Å². The summed E-state index contributed by atoms with van der Waals surface area (Å²) in [6, 6.07) is 0. The van der Waals surface area contributed by atoms with E-state index in [0.717, 1.165) is 26.0 Å². The number of unbranched alkanes of at least 4 members (excludes halogenated alkanes) is 1. The quantitative estimate of drug-likeness (QED) is 0.613. The number of esters is 1. The van der Waals surface area contributed by atoms with Gasteiger partial charge in [0.1, 0.15) is 0 Å². The van der Waals surface area contributed by atoms with Crippen LogP contribution in [0.3, 0.4) is 0 Å². The Bertz CT molecular complexity index is 370. The first-order valence-corrected chi connectivity index (χ1v) is 6.36. The highest BCUT2D eigenvalue weighted by Gasteiger charge is 2.16. The Labute approximate surface area is 109 Å². The van der Waals surface area contributed by atoms with Crippen molar-refractivity contribution in [2.24, 2.45) is 0 Å². The Morgan fingerprint density at radius 3 is 2.88 bits per heavy atom. The highest BCUT2D eigenvalue weighted by molar-refractivity contribution is 7.18. The molecule has 0 aliphatic carbocycles. The Morgan fingerprint density at radius 2 is 2.24 bits per heavy atom. The van der Waals surface area contributed by atoms with Crippen molar-refractivity contribution in [1.29, 1.82) is 0 Å². The molecule has 0 aromatic carbocycles. The zero-order valence-corrected chi connectivity index (χ0v) is 11.4. The van der Waals surface area contributed by atoms with Crippen molar-refractivity contribution < 1.29 is 14.3 Å². The van der Waals surface area contributed by atoms with Gasteiger partial charge in [-0.2, -0.15) is 0 Å². The number of hydrogen-bond acceptors (Lipinski definition) is 6. The highest BCUT2D eigenvalue weighted by atomic mass is 35.5. The molecule has 1 aromatic rings. The van der Waals surface area contributed by atoms with Crippen LogP contribution in [0, 0.1) is 0 Å². The van der Waals surface area contributed by atoms with E-state index in [0.29, 0.717) is 10.0 Å². The van der Waals surface area contributed by atoms with Gasteiger partial charge in [-0.05, 0) is 12.8 Å². The van der Waals surface area contributed by atoms with Gasteiger partial charge in [0.25, 0.3) is 0 Å². The van der Waals surface area contributed by atoms with Gasteiger partial charge in [-0.1, -0.05) is 22.9 Å². The summed E-state index contributed by atoms with van der Waals surface area (Å²) in [5.41, 5.74) is 0. The minimum atomic E-state index is -0.458. The smallest absolute Gasteiger partial charge is 0.351 e. The van der Waals surface area contributed by atoms with E-state index in [1.165, 1.54) is 18.4 Å². The fourth-order valence-corrected chi connectivity index (χ4v) is 2.29. The lowest BCUT2D eigenvalue weighted by molar-refractivity contribution is 0.0606. The number of hydrogen-bond donors (Lipinski definition) is 1. The summed E-state index contributed by atoms with van der Waals surface area (Å²) in [6.07, 6.45) is 1.95. The number of ether oxygens (including phenoxy) is 2. The van der Waals surface area contributed by atoms with Gasteiger partial charge in [0.05, 0.1) is 7.11 Å². The van der Waals surface area contributed by atoms with Gasteiger partial charge < -0.3 is 14.8 Å². The number of halogens is 1. The predicted molar refractivity (Wildman–Crippen MR) is 68.1 cm³/mol. The van der Waals surface area contributed by atoms with Gasteiger partial charge in [0.15, 0.2) is 15.2 Å². The average molecular weight is 279 g/mol. The first-order chi connectivity index (χ1) is 8.19. The van der Waals surface area contributed by atoms with Crippen molar-refractivity contribution in [3.8, 4) is 0 Å². The zero-order valence-electron chi connectivity index (χ0n) is 9.79. The lowest BCUT2D eigenvalue weighted by Crippen LogP contribution is -2.02. The van der Waals surface area contributed by atoms with Crippen LogP contribution in [0.4, 0.5) is 5.13 Å². The maximum Gasteiger partial charge on any atom is 0.351 e. The largest absolute Gasteiger partial charge is 0.465 e. The minimum Gasteiger partial charge on any atom is -0.465 e. The zero-order chi connectivity index (χ0) is 12.7. The molecule has 0 radical (unpaired) electrons. The number of aromatic nitrogens is 1. The average Bonchev–Trinajstić information content (AvgIpc) is 2.69. The van der Waals surface area contributed by atoms with Gasteiger partial charge >= 0.3 is 5.97 Å². The molecule has 1 rings (SSSR count). The van der Waals surface area contributed by atoms with Crippen molar-refractivity contribution >= 4 is 34.0 Å². The van der Waals surface area contributed by atoms with Crippen LogP contribution in [0.25, 0.3) is 0 Å². The van der Waals surface area contributed by atoms with E-state index in [9.17, 15) is 4.79 Å². The summed E-state index contributed by atoms with van der Waals surface area (Å²) in [5.74, 6) is -0.458. The molecule has 0 unspecified atom stereocenters. The first kappa shape index (κ1) is 14.2. The second-order valence-corrected chi connectivity index (χ2v) is 4.61. The molecule has 7 heteroatoms. The first-order valence-electron chi connectivity index (χ1n) is 5.16. The summed E-state index contributed by atoms with van der Waals surface area (Å²) in [5, 5.41) is 3.92. The van der Waals surface area contributed by atoms with Crippen LogP contribution in [0.5, 0.6) is 0 Å². The van der Waals surface area contributed by atoms with Crippen molar-refractivity contribution in [2.75, 3.05) is 32.7 Å². The molecule has 96 valence electrons. The van der Waals surface area contributed by atoms with Crippen molar-refractivity contribution in [2.45, 2.75) is 12.8 Å². The Morgan fingerprint density at radius 1 is 1.47 bits per heavy atom. The molecule has 0 atom stereocenters. The molecule has 17 heavy (non-hydrogen) atoms. The third-order valence-electron chi connectivity index (χ3n) is 2.01. The maximum atomic E-state index is 11.3. The molecule has 0 fully saturated rings. The summed E-state index contributed by atoms with van der Waals surface area (Å²) >= 11 is 7.02. The Kier molecular flexibility index (Phi) is 6.25. The van der Waals surface area contributed by atoms with Crippen LogP contribution in [0.15, 0.2) is 0 Å². The number of carbonyl (C=O) groups is 1. The molecule has 1 heterocycles. The minimum absolute atomic E-state index is 0.182. The SMILES string of the molecule is COCCCCNc1nc(Cl)c(C(=O)OC)s1. The third-order valence-corrected chi connectivity index (χ3v) is 3.39. The van der Waals surface area contributed by atoms with Crippen molar-refractivity contribution in [1.82, 2.24) is 4.98 Å². The summed E-state index contributed by atoms with van der Waals surface area (Å²) in [7, 11) is 2.99. The van der Waals surface area contributed by atoms with Gasteiger partial charge in [0.2, 0.25) is 0 Å². The fraction of sp³-hybridized carbons (Fsp3) is 0.600. The topological polar surface area (TPSA) is 60.5 Å². The maximum absolute atomic E-state index is 11.3. The predicted octanol–water partition coefficient (Wildman–Crippen LogP) is 2.42. The molecule has 0 spiro atoms. The monoisotopic (exact) mass is 278 g/mol. The molecular formula is C10H15ClN2O3S. The number of rotatable bonds is 7. The van der Waals surface area contributed by atoms with E-state index >= 15 is 0 Å². The summed E-state index contributed by atoms with van der Waals surface area (Å²) < 4.78 is 9.53. The number of anilines is 1. The molecule has 0 saturated carbocycles. The van der Waals surface area contributed by atoms with Crippen LogP contribution < -0.4 is 5.32 Å². The normalized spacial score (nSPS) is 10.3. The molecule has 0 saturated heterocycles. The van der Waals surface area contributed by atoms with Crippen LogP contribution in [-0.4, -0.2) is 38.3 Å². The Balaban J connectivity index is 2.42. The van der Waals surface area contributed by atoms with E-state index in [1.54, 1.807) is 7.11 Å². The van der Waals surface area contributed by atoms with E-state index in [1.807, 2.05) is 0 Å². The van der Waals surface area contributed by atoms with Crippen molar-refractivity contribution in [3.05, 3.63) is 10.0 Å². The van der Waals surface area contributed by atoms with E-state index in [2.05, 4.69) is 15.0 Å². The Hall–Kier alpha value is -0.850. The highest BCUT2D eigenvalue weighted by Crippen LogP contribution is 2.27. The molecule has 5 nitrogen and oxygen atoms in total. The molecule has 0 aliphatic rings. The second-order valence-electron chi connectivity index (χ2n) is 3.26. The van der Waals surface area contributed by atoms with Crippen LogP contribution in [0.1, 0.15) is 22.5 Å². The molecule has 0 aliphatic heterocycles. The summed E-state index contributed by atoms with van der Waals surface area (Å²) in [6.45, 7) is 1.52. The van der Waals surface area contributed by atoms with Gasteiger partial charge in [-0.3, -0.25) is 0 Å². The number of nitrogens with zero attached hydrogens (tertiary/aromatic N) is 1. The van der Waals surface area contributed by atoms with Crippen LogP contribution in [0.2, 0.25) is 5.15 Å². The number of thiazole rings is 1. The molecule has 0 bridgehead atoms. The second kappa shape index (κ2) is 7.47. The number of carbonyl (C=O) groups excluding carboxylic acids is 1.